The van der Waals surface area contributed by atoms with Gasteiger partial charge in [-0.25, -0.2) is 9.37 Å². The smallest absolute Gasteiger partial charge is 0.123 e. The van der Waals surface area contributed by atoms with E-state index in [0.29, 0.717) is 18.7 Å². The van der Waals surface area contributed by atoms with E-state index in [1.54, 1.807) is 23.5 Å². The molecule has 1 atom stereocenters. The molecular formula is C17H21FN2O2S. The van der Waals surface area contributed by atoms with Gasteiger partial charge in [0.25, 0.3) is 0 Å². The summed E-state index contributed by atoms with van der Waals surface area (Å²) in [5.41, 5.74) is 0.175. The number of aromatic nitrogens is 1. The number of aliphatic hydroxyl groups is 1. The fourth-order valence-electron chi connectivity index (χ4n) is 2.92. The maximum atomic E-state index is 12.9. The summed E-state index contributed by atoms with van der Waals surface area (Å²) in [4.78, 5) is 6.70. The lowest BCUT2D eigenvalue weighted by Gasteiger charge is -2.38. The number of piperidine rings is 1. The van der Waals surface area contributed by atoms with Crippen LogP contribution in [0, 0.1) is 12.7 Å². The van der Waals surface area contributed by atoms with Crippen LogP contribution in [0.1, 0.15) is 23.5 Å². The number of hydrogen-bond acceptors (Lipinski definition) is 5. The van der Waals surface area contributed by atoms with E-state index in [0.717, 1.165) is 30.2 Å². The molecule has 2 aromatic rings. The van der Waals surface area contributed by atoms with Crippen LogP contribution < -0.4 is 4.74 Å². The average molecular weight is 336 g/mol. The molecule has 0 aliphatic carbocycles. The zero-order valence-electron chi connectivity index (χ0n) is 13.2. The quantitative estimate of drug-likeness (QED) is 0.912. The third kappa shape index (κ3) is 4.50. The summed E-state index contributed by atoms with van der Waals surface area (Å²) in [6, 6.07) is 5.88. The first-order valence-corrected chi connectivity index (χ1v) is 8.65. The van der Waals surface area contributed by atoms with E-state index in [2.05, 4.69) is 15.3 Å². The van der Waals surface area contributed by atoms with E-state index < -0.39 is 5.60 Å². The largest absolute Gasteiger partial charge is 0.491 e. The molecule has 1 aliphatic heterocycles. The summed E-state index contributed by atoms with van der Waals surface area (Å²) < 4.78 is 18.5. The van der Waals surface area contributed by atoms with Crippen molar-refractivity contribution in [2.24, 2.45) is 0 Å². The van der Waals surface area contributed by atoms with Gasteiger partial charge in [-0.15, -0.1) is 11.3 Å². The zero-order valence-corrected chi connectivity index (χ0v) is 14.0. The molecule has 1 fully saturated rings. The Morgan fingerprint density at radius 3 is 2.87 bits per heavy atom. The Kier molecular flexibility index (Phi) is 4.94. The van der Waals surface area contributed by atoms with Crippen LogP contribution >= 0.6 is 11.3 Å². The number of hydrogen-bond donors (Lipinski definition) is 1. The second kappa shape index (κ2) is 6.95. The molecule has 1 aromatic carbocycles. The highest BCUT2D eigenvalue weighted by Crippen LogP contribution is 2.24. The third-order valence-electron chi connectivity index (χ3n) is 4.01. The fourth-order valence-corrected chi connectivity index (χ4v) is 3.52. The number of rotatable bonds is 5. The van der Waals surface area contributed by atoms with Gasteiger partial charge < -0.3 is 9.84 Å². The van der Waals surface area contributed by atoms with Crippen molar-refractivity contribution in [2.75, 3.05) is 19.7 Å². The van der Waals surface area contributed by atoms with Gasteiger partial charge in [0.1, 0.15) is 23.8 Å². The number of thiazole rings is 1. The average Bonchev–Trinajstić information content (AvgIpc) is 2.92. The summed E-state index contributed by atoms with van der Waals surface area (Å²) in [6.07, 6.45) is 1.63. The molecule has 3 rings (SSSR count). The molecule has 2 heterocycles. The highest BCUT2D eigenvalue weighted by atomic mass is 32.1. The number of likely N-dealkylation sites (tertiary alicyclic amines) is 1. The Morgan fingerprint density at radius 2 is 2.17 bits per heavy atom. The molecule has 6 heteroatoms. The number of halogens is 1. The van der Waals surface area contributed by atoms with E-state index in [-0.39, 0.29) is 12.4 Å². The molecule has 0 bridgehead atoms. The van der Waals surface area contributed by atoms with Gasteiger partial charge in [-0.3, -0.25) is 4.90 Å². The molecule has 0 amide bonds. The Labute approximate surface area is 139 Å². The highest BCUT2D eigenvalue weighted by molar-refractivity contribution is 7.09. The monoisotopic (exact) mass is 336 g/mol. The predicted molar refractivity (Wildman–Crippen MR) is 88.2 cm³/mol. The molecule has 1 unspecified atom stereocenters. The molecule has 0 radical (unpaired) electrons. The van der Waals surface area contributed by atoms with Gasteiger partial charge in [-0.2, -0.15) is 0 Å². The lowest BCUT2D eigenvalue weighted by atomic mass is 9.93. The summed E-state index contributed by atoms with van der Waals surface area (Å²) in [5, 5.41) is 13.9. The van der Waals surface area contributed by atoms with E-state index in [9.17, 15) is 9.50 Å². The second-order valence-corrected chi connectivity index (χ2v) is 7.20. The molecule has 1 aliphatic rings. The van der Waals surface area contributed by atoms with Crippen LogP contribution in [0.25, 0.3) is 0 Å². The SMILES string of the molecule is Cc1nc(CN2CCCC(O)(COc3ccc(F)cc3)C2)cs1. The van der Waals surface area contributed by atoms with Crippen LogP contribution in [0.2, 0.25) is 0 Å². The first kappa shape index (κ1) is 16.4. The Hall–Kier alpha value is -1.50. The van der Waals surface area contributed by atoms with Crippen LogP contribution in [0.15, 0.2) is 29.6 Å². The molecule has 1 aromatic heterocycles. The molecule has 1 saturated heterocycles. The van der Waals surface area contributed by atoms with Crippen molar-refractivity contribution in [1.82, 2.24) is 9.88 Å². The minimum Gasteiger partial charge on any atom is -0.491 e. The highest BCUT2D eigenvalue weighted by Gasteiger charge is 2.34. The fraction of sp³-hybridized carbons (Fsp3) is 0.471. The number of ether oxygens (including phenoxy) is 1. The number of β-amino-alcohol motifs (C(OH)–C–C–N with tert-alkyl or cyclic N) is 1. The molecule has 124 valence electrons. The first-order chi connectivity index (χ1) is 11.0. The Balaban J connectivity index is 1.56. The van der Waals surface area contributed by atoms with Crippen molar-refractivity contribution in [2.45, 2.75) is 31.9 Å². The molecule has 1 N–H and O–H groups in total. The Bertz CT molecular complexity index is 646. The van der Waals surface area contributed by atoms with Crippen LogP contribution in [0.3, 0.4) is 0 Å². The Morgan fingerprint density at radius 1 is 1.39 bits per heavy atom. The minimum atomic E-state index is -0.877. The summed E-state index contributed by atoms with van der Waals surface area (Å²) >= 11 is 1.65. The molecule has 4 nitrogen and oxygen atoms in total. The van der Waals surface area contributed by atoms with E-state index in [1.165, 1.54) is 12.1 Å². The van der Waals surface area contributed by atoms with Crippen molar-refractivity contribution in [3.8, 4) is 5.75 Å². The number of aryl methyl sites for hydroxylation is 1. The maximum absolute atomic E-state index is 12.9. The van der Waals surface area contributed by atoms with Crippen LogP contribution in [-0.4, -0.2) is 40.3 Å². The summed E-state index contributed by atoms with van der Waals surface area (Å²) in [7, 11) is 0. The van der Waals surface area contributed by atoms with Crippen molar-refractivity contribution in [1.29, 1.82) is 0 Å². The van der Waals surface area contributed by atoms with Crippen LogP contribution in [0.4, 0.5) is 4.39 Å². The maximum Gasteiger partial charge on any atom is 0.123 e. The van der Waals surface area contributed by atoms with Crippen molar-refractivity contribution in [3.63, 3.8) is 0 Å². The lowest BCUT2D eigenvalue weighted by Crippen LogP contribution is -2.51. The second-order valence-electron chi connectivity index (χ2n) is 6.14. The van der Waals surface area contributed by atoms with Crippen molar-refractivity contribution < 1.29 is 14.2 Å². The summed E-state index contributed by atoms with van der Waals surface area (Å²) in [6.45, 7) is 4.48. The van der Waals surface area contributed by atoms with Gasteiger partial charge in [0.15, 0.2) is 0 Å². The molecular weight excluding hydrogens is 315 g/mol. The van der Waals surface area contributed by atoms with Gasteiger partial charge in [0, 0.05) is 18.5 Å². The number of benzene rings is 1. The van der Waals surface area contributed by atoms with Crippen molar-refractivity contribution in [3.05, 3.63) is 46.2 Å². The molecule has 23 heavy (non-hydrogen) atoms. The third-order valence-corrected chi connectivity index (χ3v) is 4.83. The van der Waals surface area contributed by atoms with Gasteiger partial charge in [-0.05, 0) is 50.6 Å². The van der Waals surface area contributed by atoms with Gasteiger partial charge in [-0.1, -0.05) is 0 Å². The van der Waals surface area contributed by atoms with E-state index in [4.69, 9.17) is 4.74 Å². The van der Waals surface area contributed by atoms with E-state index in [1.807, 2.05) is 6.92 Å². The minimum absolute atomic E-state index is 0.214. The van der Waals surface area contributed by atoms with Crippen LogP contribution in [0.5, 0.6) is 5.75 Å². The van der Waals surface area contributed by atoms with Crippen molar-refractivity contribution >= 4 is 11.3 Å². The standard InChI is InChI=1S/C17H21FN2O2S/c1-13-19-15(10-23-13)9-20-8-2-7-17(21,11-20)12-22-16-5-3-14(18)4-6-16/h3-6,10,21H,2,7-9,11-12H2,1H3. The topological polar surface area (TPSA) is 45.6 Å². The van der Waals surface area contributed by atoms with E-state index >= 15 is 0 Å². The van der Waals surface area contributed by atoms with Gasteiger partial charge >= 0.3 is 0 Å². The normalized spacial score (nSPS) is 22.2. The predicted octanol–water partition coefficient (Wildman–Crippen LogP) is 3.00. The van der Waals surface area contributed by atoms with Gasteiger partial charge in [0.05, 0.1) is 10.7 Å². The van der Waals surface area contributed by atoms with Gasteiger partial charge in [0.2, 0.25) is 0 Å². The zero-order chi connectivity index (χ0) is 16.3. The molecule has 0 spiro atoms. The molecule has 0 saturated carbocycles. The summed E-state index contributed by atoms with van der Waals surface area (Å²) in [5.74, 6) is 0.283. The number of nitrogens with zero attached hydrogens (tertiary/aromatic N) is 2. The lowest BCUT2D eigenvalue weighted by molar-refractivity contribution is -0.0623. The first-order valence-electron chi connectivity index (χ1n) is 7.77. The van der Waals surface area contributed by atoms with Crippen LogP contribution in [-0.2, 0) is 6.54 Å².